The first-order chi connectivity index (χ1) is 21.7. The molecule has 0 aliphatic rings. The predicted octanol–water partition coefficient (Wildman–Crippen LogP) is 6.32. The van der Waals surface area contributed by atoms with Gasteiger partial charge in [0.25, 0.3) is 0 Å². The number of rotatable bonds is 14. The molecule has 5 aromatic rings. The lowest BCUT2D eigenvalue weighted by molar-refractivity contribution is -0.118. The van der Waals surface area contributed by atoms with E-state index in [0.29, 0.717) is 36.2 Å². The summed E-state index contributed by atoms with van der Waals surface area (Å²) < 4.78 is 3.19. The van der Waals surface area contributed by atoms with E-state index in [2.05, 4.69) is 37.9 Å². The Morgan fingerprint density at radius 1 is 0.911 bits per heavy atom. The lowest BCUT2D eigenvalue weighted by Crippen LogP contribution is -2.29. The third kappa shape index (κ3) is 8.24. The number of anilines is 1. The molecule has 45 heavy (non-hydrogen) atoms. The Hall–Kier alpha value is -3.44. The topological polar surface area (TPSA) is 117 Å². The van der Waals surface area contributed by atoms with Crippen LogP contribution >= 0.6 is 39.1 Å². The lowest BCUT2D eigenvalue weighted by atomic mass is 10.0. The van der Waals surface area contributed by atoms with Gasteiger partial charge in [0, 0.05) is 54.4 Å². The number of fused-ring (bicyclic) bond motifs is 1. The van der Waals surface area contributed by atoms with Crippen molar-refractivity contribution in [3.8, 4) is 11.4 Å². The summed E-state index contributed by atoms with van der Waals surface area (Å²) in [5, 5.41) is 23.3. The fourth-order valence-electron chi connectivity index (χ4n) is 5.35. The number of benzene rings is 4. The van der Waals surface area contributed by atoms with Crippen LogP contribution in [0.15, 0.2) is 89.4 Å². The summed E-state index contributed by atoms with van der Waals surface area (Å²) in [6, 6.07) is 27.3. The van der Waals surface area contributed by atoms with Gasteiger partial charge in [0.2, 0.25) is 5.91 Å². The zero-order valence-corrected chi connectivity index (χ0v) is 27.6. The van der Waals surface area contributed by atoms with Gasteiger partial charge in [-0.3, -0.25) is 4.79 Å². The molecule has 0 aliphatic carbocycles. The highest BCUT2D eigenvalue weighted by Crippen LogP contribution is 2.31. The number of hydrogen-bond acceptors (Lipinski definition) is 6. The maximum atomic E-state index is 12.1. The molecule has 5 rings (SSSR count). The standard InChI is InChI=1S/C34H34BrCl2N5O3/c35-26-7-1-22(2-8-26)21-42-32-12-6-25(30(19-33(38)45)39-20-23-3-11-28(36)29(37)17-23)18-31(32)40-34(42)24-4-9-27(10-5-24)41(13-15-43)14-16-44/h1-12,17-18,30,39,43-44H,13-16,19-21H2,(H2,38,45). The molecule has 0 radical (unpaired) electrons. The minimum absolute atomic E-state index is 0.00782. The Morgan fingerprint density at radius 3 is 2.24 bits per heavy atom. The van der Waals surface area contributed by atoms with Crippen LogP contribution in [0.5, 0.6) is 0 Å². The highest BCUT2D eigenvalue weighted by Gasteiger charge is 2.19. The van der Waals surface area contributed by atoms with Crippen molar-refractivity contribution in [3.63, 3.8) is 0 Å². The van der Waals surface area contributed by atoms with E-state index in [1.54, 1.807) is 12.1 Å². The largest absolute Gasteiger partial charge is 0.395 e. The van der Waals surface area contributed by atoms with Crippen LogP contribution in [-0.4, -0.2) is 52.0 Å². The number of carbonyl (C=O) groups excluding carboxylic acids is 1. The number of nitrogens with one attached hydrogen (secondary N) is 1. The van der Waals surface area contributed by atoms with Crippen LogP contribution in [0.4, 0.5) is 5.69 Å². The van der Waals surface area contributed by atoms with E-state index in [0.717, 1.165) is 49.3 Å². The van der Waals surface area contributed by atoms with Gasteiger partial charge >= 0.3 is 0 Å². The smallest absolute Gasteiger partial charge is 0.219 e. The number of aliphatic hydroxyl groups is 2. The van der Waals surface area contributed by atoms with E-state index in [9.17, 15) is 15.0 Å². The molecule has 1 aromatic heterocycles. The summed E-state index contributed by atoms with van der Waals surface area (Å²) >= 11 is 15.8. The SMILES string of the molecule is NC(=O)CC(NCc1ccc(Cl)c(Cl)c1)c1ccc2c(c1)nc(-c1ccc(N(CCO)CCO)cc1)n2Cc1ccc(Br)cc1. The number of carbonyl (C=O) groups is 1. The molecule has 0 saturated carbocycles. The molecule has 1 atom stereocenters. The van der Waals surface area contributed by atoms with E-state index < -0.39 is 5.91 Å². The molecule has 8 nitrogen and oxygen atoms in total. The maximum Gasteiger partial charge on any atom is 0.219 e. The number of imidazole rings is 1. The van der Waals surface area contributed by atoms with Crippen molar-refractivity contribution < 1.29 is 15.0 Å². The van der Waals surface area contributed by atoms with Crippen LogP contribution in [0.25, 0.3) is 22.4 Å². The number of primary amides is 1. The van der Waals surface area contributed by atoms with E-state index in [1.807, 2.05) is 65.6 Å². The Kier molecular flexibility index (Phi) is 11.1. The number of amides is 1. The van der Waals surface area contributed by atoms with Crippen LogP contribution in [0.2, 0.25) is 10.0 Å². The molecule has 1 amide bonds. The Morgan fingerprint density at radius 2 is 1.60 bits per heavy atom. The Labute approximate surface area is 280 Å². The molecule has 4 aromatic carbocycles. The molecule has 0 aliphatic heterocycles. The van der Waals surface area contributed by atoms with Gasteiger partial charge in [-0.25, -0.2) is 4.98 Å². The zero-order valence-electron chi connectivity index (χ0n) is 24.5. The first kappa shape index (κ1) is 32.9. The molecule has 1 heterocycles. The van der Waals surface area contributed by atoms with Crippen molar-refractivity contribution >= 4 is 61.8 Å². The highest BCUT2D eigenvalue weighted by atomic mass is 79.9. The number of hydrogen-bond donors (Lipinski definition) is 4. The van der Waals surface area contributed by atoms with Gasteiger partial charge in [-0.2, -0.15) is 0 Å². The third-order valence-corrected chi connectivity index (χ3v) is 8.87. The average Bonchev–Trinajstić information content (AvgIpc) is 3.39. The first-order valence-corrected chi connectivity index (χ1v) is 16.1. The molecule has 5 N–H and O–H groups in total. The second-order valence-electron chi connectivity index (χ2n) is 10.7. The molecule has 0 saturated heterocycles. The van der Waals surface area contributed by atoms with Crippen molar-refractivity contribution in [1.29, 1.82) is 0 Å². The van der Waals surface area contributed by atoms with Crippen molar-refractivity contribution in [2.24, 2.45) is 5.73 Å². The molecule has 11 heteroatoms. The number of halogens is 3. The minimum Gasteiger partial charge on any atom is -0.395 e. The number of aliphatic hydroxyl groups excluding tert-OH is 2. The van der Waals surface area contributed by atoms with Crippen LogP contribution in [0.1, 0.15) is 29.2 Å². The van der Waals surface area contributed by atoms with E-state index >= 15 is 0 Å². The predicted molar refractivity (Wildman–Crippen MR) is 185 cm³/mol. The second kappa shape index (κ2) is 15.2. The van der Waals surface area contributed by atoms with Gasteiger partial charge in [0.05, 0.1) is 34.3 Å². The van der Waals surface area contributed by atoms with Crippen molar-refractivity contribution in [2.45, 2.75) is 25.6 Å². The van der Waals surface area contributed by atoms with Crippen LogP contribution in [0, 0.1) is 0 Å². The summed E-state index contributed by atoms with van der Waals surface area (Å²) in [4.78, 5) is 19.1. The van der Waals surface area contributed by atoms with Gasteiger partial charge in [0.1, 0.15) is 5.82 Å². The van der Waals surface area contributed by atoms with Crippen LogP contribution < -0.4 is 16.0 Å². The van der Waals surface area contributed by atoms with E-state index in [1.165, 1.54) is 0 Å². The van der Waals surface area contributed by atoms with Gasteiger partial charge < -0.3 is 30.7 Å². The Bertz CT molecular complexity index is 1760. The summed E-state index contributed by atoms with van der Waals surface area (Å²) in [6.45, 7) is 1.90. The van der Waals surface area contributed by atoms with Crippen LogP contribution in [0.3, 0.4) is 0 Å². The summed E-state index contributed by atoms with van der Waals surface area (Å²) in [7, 11) is 0. The van der Waals surface area contributed by atoms with Crippen molar-refractivity contribution in [3.05, 3.63) is 116 Å². The molecule has 1 unspecified atom stereocenters. The molecule has 234 valence electrons. The average molecular weight is 711 g/mol. The summed E-state index contributed by atoms with van der Waals surface area (Å²) in [5.74, 6) is 0.377. The maximum absolute atomic E-state index is 12.1. The number of nitrogens with zero attached hydrogens (tertiary/aromatic N) is 3. The van der Waals surface area contributed by atoms with E-state index in [-0.39, 0.29) is 25.7 Å². The highest BCUT2D eigenvalue weighted by molar-refractivity contribution is 9.10. The number of nitrogens with two attached hydrogens (primary N) is 1. The second-order valence-corrected chi connectivity index (χ2v) is 12.5. The Balaban J connectivity index is 1.52. The number of aromatic nitrogens is 2. The molecule has 0 bridgehead atoms. The molecular formula is C34H34BrCl2N5O3. The first-order valence-electron chi connectivity index (χ1n) is 14.5. The van der Waals surface area contributed by atoms with Gasteiger partial charge in [-0.1, -0.05) is 63.4 Å². The van der Waals surface area contributed by atoms with E-state index in [4.69, 9.17) is 33.9 Å². The van der Waals surface area contributed by atoms with Crippen molar-refractivity contribution in [1.82, 2.24) is 14.9 Å². The van der Waals surface area contributed by atoms with Gasteiger partial charge in [-0.05, 0) is 77.4 Å². The minimum atomic E-state index is -0.417. The molecule has 0 spiro atoms. The van der Waals surface area contributed by atoms with Gasteiger partial charge in [0.15, 0.2) is 0 Å². The van der Waals surface area contributed by atoms with Crippen LogP contribution in [-0.2, 0) is 17.9 Å². The normalized spacial score (nSPS) is 12.0. The molecule has 0 fully saturated rings. The summed E-state index contributed by atoms with van der Waals surface area (Å²) in [5.41, 5.74) is 12.2. The summed E-state index contributed by atoms with van der Waals surface area (Å²) in [6.07, 6.45) is 0.110. The molecular weight excluding hydrogens is 677 g/mol. The third-order valence-electron chi connectivity index (χ3n) is 7.60. The lowest BCUT2D eigenvalue weighted by Gasteiger charge is -2.23. The van der Waals surface area contributed by atoms with Crippen molar-refractivity contribution in [2.75, 3.05) is 31.2 Å². The monoisotopic (exact) mass is 709 g/mol. The zero-order chi connectivity index (χ0) is 31.9. The van der Waals surface area contributed by atoms with Gasteiger partial charge in [-0.15, -0.1) is 0 Å². The quantitative estimate of drug-likeness (QED) is 0.107. The fraction of sp³-hybridized carbons (Fsp3) is 0.235. The fourth-order valence-corrected chi connectivity index (χ4v) is 5.93.